The summed E-state index contributed by atoms with van der Waals surface area (Å²) in [7, 11) is 0. The molecule has 1 amide bonds. The second-order valence-corrected chi connectivity index (χ2v) is 4.80. The minimum absolute atomic E-state index is 0.0100. The third-order valence-electron chi connectivity index (χ3n) is 2.15. The molecule has 4 nitrogen and oxygen atoms in total. The first-order valence-corrected chi connectivity index (χ1v) is 5.09. The Bertz CT molecular complexity index is 239. The van der Waals surface area contributed by atoms with E-state index in [1.54, 1.807) is 20.8 Å². The summed E-state index contributed by atoms with van der Waals surface area (Å²) in [4.78, 5) is 12.9. The summed E-state index contributed by atoms with van der Waals surface area (Å²) in [5, 5.41) is 9.27. The number of amides is 1. The fourth-order valence-corrected chi connectivity index (χ4v) is 1.40. The molecule has 0 aromatic rings. The molecular formula is C10H18FNO3. The zero-order chi connectivity index (χ0) is 11.6. The number of rotatable bonds is 0. The van der Waals surface area contributed by atoms with Crippen LogP contribution in [-0.4, -0.2) is 47.1 Å². The van der Waals surface area contributed by atoms with E-state index in [0.717, 1.165) is 0 Å². The number of aliphatic hydroxyl groups is 1. The Morgan fingerprint density at radius 3 is 2.60 bits per heavy atom. The van der Waals surface area contributed by atoms with Crippen molar-refractivity contribution in [3.63, 3.8) is 0 Å². The average Bonchev–Trinajstić information content (AvgIpc) is 2.06. The quantitative estimate of drug-likeness (QED) is 0.668. The minimum atomic E-state index is -1.23. The van der Waals surface area contributed by atoms with Crippen LogP contribution >= 0.6 is 0 Å². The van der Waals surface area contributed by atoms with Crippen molar-refractivity contribution in [3.05, 3.63) is 0 Å². The molecule has 1 fully saturated rings. The van der Waals surface area contributed by atoms with Gasteiger partial charge in [-0.3, -0.25) is 0 Å². The first-order valence-electron chi connectivity index (χ1n) is 5.09. The molecule has 0 aromatic carbocycles. The number of ether oxygens (including phenoxy) is 1. The van der Waals surface area contributed by atoms with Crippen LogP contribution in [0.2, 0.25) is 0 Å². The lowest BCUT2D eigenvalue weighted by Crippen LogP contribution is -2.49. The SMILES string of the molecule is CC(C)(C)OC(=O)N1CCC(F)[C@H](O)C1. The predicted octanol–water partition coefficient (Wildman–Crippen LogP) is 1.33. The number of alkyl halides is 1. The topological polar surface area (TPSA) is 49.8 Å². The number of carbonyl (C=O) groups is 1. The van der Waals surface area contributed by atoms with E-state index >= 15 is 0 Å². The number of halogens is 1. The maximum absolute atomic E-state index is 12.9. The molecule has 1 unspecified atom stereocenters. The lowest BCUT2D eigenvalue weighted by Gasteiger charge is -2.33. The highest BCUT2D eigenvalue weighted by Gasteiger charge is 2.32. The second-order valence-electron chi connectivity index (χ2n) is 4.80. The molecule has 0 aliphatic carbocycles. The van der Waals surface area contributed by atoms with Gasteiger partial charge in [0, 0.05) is 6.54 Å². The molecule has 2 atom stereocenters. The molecule has 15 heavy (non-hydrogen) atoms. The highest BCUT2D eigenvalue weighted by molar-refractivity contribution is 5.68. The van der Waals surface area contributed by atoms with Gasteiger partial charge < -0.3 is 14.7 Å². The summed E-state index contributed by atoms with van der Waals surface area (Å²) < 4.78 is 18.0. The molecule has 0 radical (unpaired) electrons. The maximum atomic E-state index is 12.9. The van der Waals surface area contributed by atoms with Gasteiger partial charge in [-0.25, -0.2) is 9.18 Å². The molecule has 1 heterocycles. The van der Waals surface area contributed by atoms with Gasteiger partial charge in [0.05, 0.1) is 6.54 Å². The van der Waals surface area contributed by atoms with Gasteiger partial charge in [-0.15, -0.1) is 0 Å². The molecule has 0 saturated carbocycles. The van der Waals surface area contributed by atoms with Crippen LogP contribution in [0, 0.1) is 0 Å². The summed E-state index contributed by atoms with van der Waals surface area (Å²) in [6.45, 7) is 5.61. The van der Waals surface area contributed by atoms with Gasteiger partial charge in [0.15, 0.2) is 0 Å². The van der Waals surface area contributed by atoms with E-state index < -0.39 is 24.0 Å². The van der Waals surface area contributed by atoms with Gasteiger partial charge >= 0.3 is 6.09 Å². The van der Waals surface area contributed by atoms with Crippen LogP contribution in [0.4, 0.5) is 9.18 Å². The van der Waals surface area contributed by atoms with Crippen molar-refractivity contribution in [1.82, 2.24) is 4.90 Å². The third-order valence-corrected chi connectivity index (χ3v) is 2.15. The number of likely N-dealkylation sites (tertiary alicyclic amines) is 1. The monoisotopic (exact) mass is 219 g/mol. The standard InChI is InChI=1S/C10H18FNO3/c1-10(2,3)15-9(14)12-5-4-7(11)8(13)6-12/h7-8,13H,4-6H2,1-3H3/t7?,8-/m1/s1. The van der Waals surface area contributed by atoms with Crippen LogP contribution in [-0.2, 0) is 4.74 Å². The van der Waals surface area contributed by atoms with Crippen molar-refractivity contribution in [1.29, 1.82) is 0 Å². The van der Waals surface area contributed by atoms with Crippen molar-refractivity contribution in [2.24, 2.45) is 0 Å². The van der Waals surface area contributed by atoms with Gasteiger partial charge in [0.2, 0.25) is 0 Å². The Morgan fingerprint density at radius 1 is 1.53 bits per heavy atom. The first-order chi connectivity index (χ1) is 6.79. The minimum Gasteiger partial charge on any atom is -0.444 e. The molecule has 1 aliphatic rings. The van der Waals surface area contributed by atoms with Crippen molar-refractivity contribution in [3.8, 4) is 0 Å². The van der Waals surface area contributed by atoms with Gasteiger partial charge in [0.1, 0.15) is 17.9 Å². The van der Waals surface area contributed by atoms with Gasteiger partial charge in [-0.2, -0.15) is 0 Å². The normalized spacial score (nSPS) is 27.7. The zero-order valence-electron chi connectivity index (χ0n) is 9.36. The number of β-amino-alcohol motifs (C(OH)–C–C–N with tert-alkyl or cyclic N) is 1. The molecule has 0 spiro atoms. The number of piperidine rings is 1. The molecule has 0 bridgehead atoms. The summed E-state index contributed by atoms with van der Waals surface area (Å²) in [6.07, 6.45) is -2.65. The molecule has 1 N–H and O–H groups in total. The molecule has 1 rings (SSSR count). The van der Waals surface area contributed by atoms with Crippen LogP contribution < -0.4 is 0 Å². The van der Waals surface area contributed by atoms with Crippen molar-refractivity contribution < 1.29 is 19.0 Å². The number of hydrogen-bond donors (Lipinski definition) is 1. The highest BCUT2D eigenvalue weighted by Crippen LogP contribution is 2.17. The van der Waals surface area contributed by atoms with E-state index in [2.05, 4.69) is 0 Å². The number of nitrogens with zero attached hydrogens (tertiary/aromatic N) is 1. The number of aliphatic hydroxyl groups excluding tert-OH is 1. The highest BCUT2D eigenvalue weighted by atomic mass is 19.1. The van der Waals surface area contributed by atoms with Crippen LogP contribution in [0.1, 0.15) is 27.2 Å². The smallest absolute Gasteiger partial charge is 0.410 e. The molecule has 1 aliphatic heterocycles. The Hall–Kier alpha value is -0.840. The van der Waals surface area contributed by atoms with Gasteiger partial charge in [0.25, 0.3) is 0 Å². The first kappa shape index (κ1) is 12.2. The van der Waals surface area contributed by atoms with Crippen molar-refractivity contribution in [2.75, 3.05) is 13.1 Å². The van der Waals surface area contributed by atoms with E-state index in [1.807, 2.05) is 0 Å². The fourth-order valence-electron chi connectivity index (χ4n) is 1.40. The summed E-state index contributed by atoms with van der Waals surface area (Å²) in [5.41, 5.74) is -0.561. The molecule has 1 saturated heterocycles. The van der Waals surface area contributed by atoms with Crippen LogP contribution in [0.3, 0.4) is 0 Å². The van der Waals surface area contributed by atoms with Gasteiger partial charge in [-0.1, -0.05) is 0 Å². The fraction of sp³-hybridized carbons (Fsp3) is 0.900. The lowest BCUT2D eigenvalue weighted by molar-refractivity contribution is -0.0203. The number of carbonyl (C=O) groups excluding carboxylic acids is 1. The van der Waals surface area contributed by atoms with Crippen molar-refractivity contribution in [2.45, 2.75) is 45.1 Å². The Morgan fingerprint density at radius 2 is 2.13 bits per heavy atom. The second kappa shape index (κ2) is 4.35. The summed E-state index contributed by atoms with van der Waals surface area (Å²) >= 11 is 0. The molecular weight excluding hydrogens is 201 g/mol. The van der Waals surface area contributed by atoms with Gasteiger partial charge in [-0.05, 0) is 27.2 Å². The predicted molar refractivity (Wildman–Crippen MR) is 53.3 cm³/mol. The molecule has 88 valence electrons. The average molecular weight is 219 g/mol. The Kier molecular flexibility index (Phi) is 3.54. The Labute approximate surface area is 89.0 Å². The molecule has 0 aromatic heterocycles. The van der Waals surface area contributed by atoms with Crippen LogP contribution in [0.25, 0.3) is 0 Å². The third kappa shape index (κ3) is 3.66. The number of hydrogen-bond acceptors (Lipinski definition) is 3. The largest absolute Gasteiger partial charge is 0.444 e. The van der Waals surface area contributed by atoms with E-state index in [0.29, 0.717) is 6.54 Å². The van der Waals surface area contributed by atoms with E-state index in [-0.39, 0.29) is 13.0 Å². The van der Waals surface area contributed by atoms with Crippen LogP contribution in [0.5, 0.6) is 0 Å². The van der Waals surface area contributed by atoms with Crippen LogP contribution in [0.15, 0.2) is 0 Å². The lowest BCUT2D eigenvalue weighted by atomic mass is 10.1. The maximum Gasteiger partial charge on any atom is 0.410 e. The summed E-state index contributed by atoms with van der Waals surface area (Å²) in [6, 6.07) is 0. The van der Waals surface area contributed by atoms with E-state index in [1.165, 1.54) is 4.90 Å². The van der Waals surface area contributed by atoms with E-state index in [4.69, 9.17) is 4.74 Å². The Balaban J connectivity index is 2.48. The summed E-state index contributed by atoms with van der Waals surface area (Å²) in [5.74, 6) is 0. The zero-order valence-corrected chi connectivity index (χ0v) is 9.36. The van der Waals surface area contributed by atoms with E-state index in [9.17, 15) is 14.3 Å². The van der Waals surface area contributed by atoms with Crippen molar-refractivity contribution >= 4 is 6.09 Å². The molecule has 5 heteroatoms.